The van der Waals surface area contributed by atoms with E-state index in [0.717, 1.165) is 5.69 Å². The van der Waals surface area contributed by atoms with Gasteiger partial charge in [-0.2, -0.15) is 0 Å². The van der Waals surface area contributed by atoms with Crippen LogP contribution in [0.2, 0.25) is 10.0 Å². The van der Waals surface area contributed by atoms with E-state index in [9.17, 15) is 9.18 Å². The molecule has 0 radical (unpaired) electrons. The van der Waals surface area contributed by atoms with E-state index in [1.54, 1.807) is 24.3 Å². The third-order valence-corrected chi connectivity index (χ3v) is 3.89. The van der Waals surface area contributed by atoms with Crippen molar-refractivity contribution in [2.24, 2.45) is 0 Å². The fraction of sp³-hybridized carbons (Fsp3) is 0. The van der Waals surface area contributed by atoms with Gasteiger partial charge < -0.3 is 10.6 Å². The number of aromatic nitrogens is 1. The highest BCUT2D eigenvalue weighted by molar-refractivity contribution is 6.34. The summed E-state index contributed by atoms with van der Waals surface area (Å²) < 4.78 is 13.8. The van der Waals surface area contributed by atoms with Crippen molar-refractivity contribution in [2.75, 3.05) is 10.6 Å². The average Bonchev–Trinajstić information content (AvgIpc) is 2.58. The molecule has 126 valence electrons. The van der Waals surface area contributed by atoms with Crippen LogP contribution >= 0.6 is 23.2 Å². The Morgan fingerprint density at radius 3 is 2.32 bits per heavy atom. The van der Waals surface area contributed by atoms with Gasteiger partial charge in [-0.05, 0) is 48.5 Å². The van der Waals surface area contributed by atoms with Gasteiger partial charge in [0.05, 0.1) is 22.5 Å². The van der Waals surface area contributed by atoms with Crippen LogP contribution in [-0.2, 0) is 0 Å². The molecule has 1 amide bonds. The second-order valence-corrected chi connectivity index (χ2v) is 5.96. The van der Waals surface area contributed by atoms with Gasteiger partial charge in [0.2, 0.25) is 0 Å². The molecule has 0 fully saturated rings. The minimum absolute atomic E-state index is 0.0477. The van der Waals surface area contributed by atoms with Crippen molar-refractivity contribution in [2.45, 2.75) is 0 Å². The summed E-state index contributed by atoms with van der Waals surface area (Å²) in [6.07, 6.45) is 1.46. The Kier molecular flexibility index (Phi) is 5.16. The molecule has 0 aliphatic rings. The van der Waals surface area contributed by atoms with Crippen LogP contribution in [0, 0.1) is 5.82 Å². The van der Waals surface area contributed by atoms with E-state index in [1.165, 1.54) is 24.4 Å². The van der Waals surface area contributed by atoms with Crippen LogP contribution in [0.1, 0.15) is 10.4 Å². The zero-order valence-corrected chi connectivity index (χ0v) is 14.3. The molecule has 0 spiro atoms. The molecule has 0 bridgehead atoms. The summed E-state index contributed by atoms with van der Waals surface area (Å²) in [4.78, 5) is 16.4. The van der Waals surface area contributed by atoms with Gasteiger partial charge in [0, 0.05) is 10.7 Å². The molecule has 0 unspecified atom stereocenters. The van der Waals surface area contributed by atoms with E-state index in [1.807, 2.05) is 12.1 Å². The zero-order valence-electron chi connectivity index (χ0n) is 12.8. The van der Waals surface area contributed by atoms with Crippen LogP contribution in [-0.4, -0.2) is 10.9 Å². The SMILES string of the molecule is O=C(Nc1ccc(Nc2ccc(Cl)cc2)nc1)c1c(F)cccc1Cl. The molecule has 0 saturated heterocycles. The molecule has 0 aliphatic carbocycles. The fourth-order valence-electron chi connectivity index (χ4n) is 2.13. The van der Waals surface area contributed by atoms with Crippen LogP contribution in [0.5, 0.6) is 0 Å². The molecule has 25 heavy (non-hydrogen) atoms. The lowest BCUT2D eigenvalue weighted by Gasteiger charge is -2.09. The number of pyridine rings is 1. The number of nitrogens with one attached hydrogen (secondary N) is 2. The molecule has 0 atom stereocenters. The van der Waals surface area contributed by atoms with E-state index in [2.05, 4.69) is 15.6 Å². The lowest BCUT2D eigenvalue weighted by Crippen LogP contribution is -2.14. The van der Waals surface area contributed by atoms with Gasteiger partial charge in [0.15, 0.2) is 0 Å². The number of hydrogen-bond acceptors (Lipinski definition) is 3. The summed E-state index contributed by atoms with van der Waals surface area (Å²) in [5.74, 6) is -0.730. The van der Waals surface area contributed by atoms with Crippen molar-refractivity contribution in [1.29, 1.82) is 0 Å². The standard InChI is InChI=1S/C18H12Cl2FN3O/c19-11-4-6-12(7-5-11)23-16-9-8-13(10-22-16)24-18(25)17-14(20)2-1-3-15(17)21/h1-10H,(H,22,23)(H,24,25). The topological polar surface area (TPSA) is 54.0 Å². The lowest BCUT2D eigenvalue weighted by atomic mass is 10.2. The maximum absolute atomic E-state index is 13.8. The van der Waals surface area contributed by atoms with Gasteiger partial charge in [-0.1, -0.05) is 29.3 Å². The maximum Gasteiger partial charge on any atom is 0.260 e. The van der Waals surface area contributed by atoms with Gasteiger partial charge in [-0.25, -0.2) is 9.37 Å². The largest absolute Gasteiger partial charge is 0.340 e. The van der Waals surface area contributed by atoms with Gasteiger partial charge in [0.25, 0.3) is 5.91 Å². The third-order valence-electron chi connectivity index (χ3n) is 3.33. The van der Waals surface area contributed by atoms with Crippen LogP contribution in [0.25, 0.3) is 0 Å². The third kappa shape index (κ3) is 4.26. The number of anilines is 3. The number of hydrogen-bond donors (Lipinski definition) is 2. The van der Waals surface area contributed by atoms with Crippen molar-refractivity contribution < 1.29 is 9.18 Å². The minimum atomic E-state index is -0.681. The van der Waals surface area contributed by atoms with Crippen LogP contribution in [0.15, 0.2) is 60.8 Å². The first-order chi connectivity index (χ1) is 12.0. The maximum atomic E-state index is 13.8. The Morgan fingerprint density at radius 1 is 0.960 bits per heavy atom. The fourth-order valence-corrected chi connectivity index (χ4v) is 2.51. The van der Waals surface area contributed by atoms with Crippen molar-refractivity contribution in [1.82, 2.24) is 4.98 Å². The summed E-state index contributed by atoms with van der Waals surface area (Å²) in [6, 6.07) is 14.6. The number of carbonyl (C=O) groups excluding carboxylic acids is 1. The van der Waals surface area contributed by atoms with Gasteiger partial charge >= 0.3 is 0 Å². The van der Waals surface area contributed by atoms with E-state index in [4.69, 9.17) is 23.2 Å². The van der Waals surface area contributed by atoms with E-state index in [-0.39, 0.29) is 10.6 Å². The Balaban J connectivity index is 1.70. The Hall–Kier alpha value is -2.63. The highest BCUT2D eigenvalue weighted by Crippen LogP contribution is 2.22. The minimum Gasteiger partial charge on any atom is -0.340 e. The van der Waals surface area contributed by atoms with E-state index >= 15 is 0 Å². The first kappa shape index (κ1) is 17.2. The Morgan fingerprint density at radius 2 is 1.68 bits per heavy atom. The predicted molar refractivity (Wildman–Crippen MR) is 98.3 cm³/mol. The Bertz CT molecular complexity index is 879. The molecule has 0 aliphatic heterocycles. The van der Waals surface area contributed by atoms with E-state index in [0.29, 0.717) is 16.5 Å². The van der Waals surface area contributed by atoms with Crippen LogP contribution in [0.4, 0.5) is 21.6 Å². The molecule has 1 aromatic heterocycles. The zero-order chi connectivity index (χ0) is 17.8. The molecular weight excluding hydrogens is 364 g/mol. The molecule has 7 heteroatoms. The number of rotatable bonds is 4. The summed E-state index contributed by atoms with van der Waals surface area (Å²) in [7, 11) is 0. The van der Waals surface area contributed by atoms with Gasteiger partial charge in [-0.15, -0.1) is 0 Å². The number of benzene rings is 2. The molecule has 4 nitrogen and oxygen atoms in total. The van der Waals surface area contributed by atoms with Crippen molar-refractivity contribution in [3.63, 3.8) is 0 Å². The summed E-state index contributed by atoms with van der Waals surface area (Å²) in [5, 5.41) is 6.35. The van der Waals surface area contributed by atoms with Crippen LogP contribution in [0.3, 0.4) is 0 Å². The smallest absolute Gasteiger partial charge is 0.260 e. The first-order valence-corrected chi connectivity index (χ1v) is 8.02. The number of nitrogens with zero attached hydrogens (tertiary/aromatic N) is 1. The van der Waals surface area contributed by atoms with Gasteiger partial charge in [0.1, 0.15) is 11.6 Å². The molecule has 1 heterocycles. The summed E-state index contributed by atoms with van der Waals surface area (Å²) in [6.45, 7) is 0. The van der Waals surface area contributed by atoms with Crippen LogP contribution < -0.4 is 10.6 Å². The average molecular weight is 376 g/mol. The molecule has 3 aromatic rings. The normalized spacial score (nSPS) is 10.4. The second-order valence-electron chi connectivity index (χ2n) is 5.11. The second kappa shape index (κ2) is 7.51. The van der Waals surface area contributed by atoms with Crippen molar-refractivity contribution >= 4 is 46.3 Å². The van der Waals surface area contributed by atoms with Gasteiger partial charge in [-0.3, -0.25) is 4.79 Å². The first-order valence-electron chi connectivity index (χ1n) is 7.27. The van der Waals surface area contributed by atoms with E-state index < -0.39 is 11.7 Å². The number of halogens is 3. The predicted octanol–water partition coefficient (Wildman–Crippen LogP) is 5.52. The molecule has 0 saturated carbocycles. The molecular formula is C18H12Cl2FN3O. The van der Waals surface area contributed by atoms with Crippen molar-refractivity contribution in [3.8, 4) is 0 Å². The highest BCUT2D eigenvalue weighted by Gasteiger charge is 2.15. The quantitative estimate of drug-likeness (QED) is 0.630. The lowest BCUT2D eigenvalue weighted by molar-refractivity contribution is 0.102. The van der Waals surface area contributed by atoms with Crippen molar-refractivity contribution in [3.05, 3.63) is 82.2 Å². The molecule has 2 N–H and O–H groups in total. The molecule has 3 rings (SSSR count). The number of amides is 1. The number of carbonyl (C=O) groups is 1. The summed E-state index contributed by atoms with van der Waals surface area (Å²) >= 11 is 11.7. The highest BCUT2D eigenvalue weighted by atomic mass is 35.5. The monoisotopic (exact) mass is 375 g/mol. The molecule has 2 aromatic carbocycles. The Labute approximate surface area is 153 Å². The summed E-state index contributed by atoms with van der Waals surface area (Å²) in [5.41, 5.74) is 1.05.